The van der Waals surface area contributed by atoms with Crippen molar-refractivity contribution in [2.75, 3.05) is 7.11 Å². The summed E-state index contributed by atoms with van der Waals surface area (Å²) in [4.78, 5) is 23.4. The number of rotatable bonds is 4. The van der Waals surface area contributed by atoms with Crippen LogP contribution in [0.3, 0.4) is 0 Å². The maximum atomic E-state index is 12.0. The number of aromatic nitrogens is 3. The summed E-state index contributed by atoms with van der Waals surface area (Å²) in [5, 5.41) is 1.21. The fourth-order valence-corrected chi connectivity index (χ4v) is 3.57. The highest BCUT2D eigenvalue weighted by Gasteiger charge is 2.18. The zero-order chi connectivity index (χ0) is 14.8. The van der Waals surface area contributed by atoms with Crippen LogP contribution < -0.4 is 10.3 Å². The van der Waals surface area contributed by atoms with E-state index in [9.17, 15) is 4.79 Å². The van der Waals surface area contributed by atoms with Gasteiger partial charge in [-0.3, -0.25) is 4.79 Å². The molecule has 0 atom stereocenters. The lowest BCUT2D eigenvalue weighted by Crippen LogP contribution is -2.14. The second-order valence-electron chi connectivity index (χ2n) is 4.72. The quantitative estimate of drug-likeness (QED) is 0.692. The Hall–Kier alpha value is -1.53. The number of fused-ring (bicyclic) bond motifs is 1. The van der Waals surface area contributed by atoms with Crippen molar-refractivity contribution in [3.63, 3.8) is 0 Å². The standard InChI is InChI=1S/C14H14ClN3O2S/c1-20-13-9(10(15)5-6-16-13)7-21-14-17-11-4-2-3-8(11)12(19)18-14/h5-6H,2-4,7H2,1H3,(H,17,18,19). The average Bonchev–Trinajstić information content (AvgIpc) is 2.94. The minimum Gasteiger partial charge on any atom is -0.481 e. The van der Waals surface area contributed by atoms with Gasteiger partial charge >= 0.3 is 0 Å². The van der Waals surface area contributed by atoms with E-state index < -0.39 is 0 Å². The van der Waals surface area contributed by atoms with E-state index in [2.05, 4.69) is 15.0 Å². The fraction of sp³-hybridized carbons (Fsp3) is 0.357. The molecule has 1 N–H and O–H groups in total. The molecule has 0 spiro atoms. The molecule has 3 rings (SSSR count). The molecular formula is C14H14ClN3O2S. The maximum Gasteiger partial charge on any atom is 0.254 e. The minimum atomic E-state index is -0.0238. The van der Waals surface area contributed by atoms with E-state index in [4.69, 9.17) is 16.3 Å². The maximum absolute atomic E-state index is 12.0. The molecule has 0 unspecified atom stereocenters. The van der Waals surface area contributed by atoms with Gasteiger partial charge < -0.3 is 9.72 Å². The van der Waals surface area contributed by atoms with E-state index in [0.29, 0.717) is 21.8 Å². The van der Waals surface area contributed by atoms with Crippen molar-refractivity contribution in [3.05, 3.63) is 44.5 Å². The molecule has 0 bridgehead atoms. The first-order valence-electron chi connectivity index (χ1n) is 6.61. The second kappa shape index (κ2) is 6.07. The van der Waals surface area contributed by atoms with Crippen LogP contribution in [0, 0.1) is 0 Å². The average molecular weight is 324 g/mol. The number of hydrogen-bond donors (Lipinski definition) is 1. The van der Waals surface area contributed by atoms with Crippen LogP contribution in [0.15, 0.2) is 22.2 Å². The van der Waals surface area contributed by atoms with Crippen molar-refractivity contribution in [2.24, 2.45) is 0 Å². The van der Waals surface area contributed by atoms with Gasteiger partial charge in [0.25, 0.3) is 5.56 Å². The number of halogens is 1. The number of hydrogen-bond acceptors (Lipinski definition) is 5. The van der Waals surface area contributed by atoms with E-state index in [1.54, 1.807) is 19.4 Å². The molecule has 0 aliphatic heterocycles. The molecule has 5 nitrogen and oxygen atoms in total. The van der Waals surface area contributed by atoms with Gasteiger partial charge in [-0.1, -0.05) is 23.4 Å². The number of nitrogens with one attached hydrogen (secondary N) is 1. The Balaban J connectivity index is 1.83. The molecule has 0 amide bonds. The van der Waals surface area contributed by atoms with Crippen LogP contribution in [0.1, 0.15) is 23.2 Å². The van der Waals surface area contributed by atoms with E-state index in [1.165, 1.54) is 11.8 Å². The van der Waals surface area contributed by atoms with Crippen LogP contribution in [0.2, 0.25) is 5.02 Å². The number of aryl methyl sites for hydroxylation is 1. The Labute approximate surface area is 131 Å². The van der Waals surface area contributed by atoms with Gasteiger partial charge in [0.05, 0.1) is 17.8 Å². The van der Waals surface area contributed by atoms with Crippen LogP contribution in [-0.2, 0) is 18.6 Å². The molecule has 2 aromatic rings. The van der Waals surface area contributed by atoms with Crippen LogP contribution in [0.25, 0.3) is 0 Å². The van der Waals surface area contributed by atoms with Crippen LogP contribution in [0.5, 0.6) is 5.88 Å². The molecular weight excluding hydrogens is 310 g/mol. The number of thioether (sulfide) groups is 1. The van der Waals surface area contributed by atoms with Gasteiger partial charge in [0.2, 0.25) is 5.88 Å². The zero-order valence-electron chi connectivity index (χ0n) is 11.5. The summed E-state index contributed by atoms with van der Waals surface area (Å²) in [6.07, 6.45) is 4.31. The van der Waals surface area contributed by atoms with Gasteiger partial charge in [-0.15, -0.1) is 0 Å². The molecule has 0 aromatic carbocycles. The highest BCUT2D eigenvalue weighted by Crippen LogP contribution is 2.30. The lowest BCUT2D eigenvalue weighted by molar-refractivity contribution is 0.394. The summed E-state index contributed by atoms with van der Waals surface area (Å²) in [6.45, 7) is 0. The van der Waals surface area contributed by atoms with Gasteiger partial charge in [-0.05, 0) is 25.3 Å². The zero-order valence-corrected chi connectivity index (χ0v) is 13.1. The topological polar surface area (TPSA) is 67.9 Å². The van der Waals surface area contributed by atoms with E-state index in [0.717, 1.165) is 36.1 Å². The number of aromatic amines is 1. The van der Waals surface area contributed by atoms with Crippen LogP contribution in [-0.4, -0.2) is 22.1 Å². The van der Waals surface area contributed by atoms with E-state index in [-0.39, 0.29) is 5.56 Å². The molecule has 110 valence electrons. The predicted molar refractivity (Wildman–Crippen MR) is 82.2 cm³/mol. The monoisotopic (exact) mass is 323 g/mol. The first-order chi connectivity index (χ1) is 10.2. The Morgan fingerprint density at radius 2 is 2.33 bits per heavy atom. The Morgan fingerprint density at radius 1 is 1.48 bits per heavy atom. The number of pyridine rings is 1. The summed E-state index contributed by atoms with van der Waals surface area (Å²) < 4.78 is 5.21. The van der Waals surface area contributed by atoms with Crippen LogP contribution in [0.4, 0.5) is 0 Å². The summed E-state index contributed by atoms with van der Waals surface area (Å²) in [6, 6.07) is 1.72. The van der Waals surface area contributed by atoms with Gasteiger partial charge in [0.15, 0.2) is 5.16 Å². The Morgan fingerprint density at radius 3 is 3.14 bits per heavy atom. The molecule has 0 radical (unpaired) electrons. The normalized spacial score (nSPS) is 13.2. The van der Waals surface area contributed by atoms with Crippen molar-refractivity contribution in [1.29, 1.82) is 0 Å². The molecule has 21 heavy (non-hydrogen) atoms. The Kier molecular flexibility index (Phi) is 4.17. The number of nitrogens with zero attached hydrogens (tertiary/aromatic N) is 2. The number of methoxy groups -OCH3 is 1. The smallest absolute Gasteiger partial charge is 0.254 e. The highest BCUT2D eigenvalue weighted by molar-refractivity contribution is 7.98. The number of ether oxygens (including phenoxy) is 1. The predicted octanol–water partition coefficient (Wildman–Crippen LogP) is 2.61. The first-order valence-corrected chi connectivity index (χ1v) is 7.97. The molecule has 7 heteroatoms. The largest absolute Gasteiger partial charge is 0.481 e. The third-order valence-electron chi connectivity index (χ3n) is 3.43. The third kappa shape index (κ3) is 2.91. The van der Waals surface area contributed by atoms with Crippen molar-refractivity contribution >= 4 is 23.4 Å². The van der Waals surface area contributed by atoms with Crippen molar-refractivity contribution in [3.8, 4) is 5.88 Å². The molecule has 1 aliphatic rings. The van der Waals surface area contributed by atoms with Crippen molar-refractivity contribution in [2.45, 2.75) is 30.2 Å². The minimum absolute atomic E-state index is 0.0238. The third-order valence-corrected chi connectivity index (χ3v) is 4.68. The van der Waals surface area contributed by atoms with Gasteiger partial charge in [-0.25, -0.2) is 9.97 Å². The molecule has 0 saturated carbocycles. The second-order valence-corrected chi connectivity index (χ2v) is 6.09. The molecule has 2 aromatic heterocycles. The lowest BCUT2D eigenvalue weighted by atomic mass is 10.3. The van der Waals surface area contributed by atoms with Gasteiger partial charge in [0.1, 0.15) is 0 Å². The summed E-state index contributed by atoms with van der Waals surface area (Å²) in [7, 11) is 1.56. The molecule has 0 saturated heterocycles. The Bertz CT molecular complexity index is 733. The molecule has 0 fully saturated rings. The summed E-state index contributed by atoms with van der Waals surface area (Å²) >= 11 is 7.60. The van der Waals surface area contributed by atoms with E-state index in [1.807, 2.05) is 0 Å². The van der Waals surface area contributed by atoms with Crippen LogP contribution >= 0.6 is 23.4 Å². The van der Waals surface area contributed by atoms with Crippen molar-refractivity contribution in [1.82, 2.24) is 15.0 Å². The lowest BCUT2D eigenvalue weighted by Gasteiger charge is -2.09. The first kappa shape index (κ1) is 14.4. The summed E-state index contributed by atoms with van der Waals surface area (Å²) in [5.74, 6) is 1.04. The van der Waals surface area contributed by atoms with Crippen molar-refractivity contribution < 1.29 is 4.74 Å². The molecule has 1 aliphatic carbocycles. The fourth-order valence-electron chi connectivity index (χ4n) is 2.39. The van der Waals surface area contributed by atoms with Gasteiger partial charge in [0, 0.05) is 23.1 Å². The summed E-state index contributed by atoms with van der Waals surface area (Å²) in [5.41, 5.74) is 2.53. The SMILES string of the molecule is COc1nccc(Cl)c1CSc1nc2c(c(=O)[nH]1)CCC2. The molecule has 2 heterocycles. The highest BCUT2D eigenvalue weighted by atomic mass is 35.5. The number of H-pyrrole nitrogens is 1. The van der Waals surface area contributed by atoms with Gasteiger partial charge in [-0.2, -0.15) is 0 Å². The van der Waals surface area contributed by atoms with E-state index >= 15 is 0 Å².